The summed E-state index contributed by atoms with van der Waals surface area (Å²) in [4.78, 5) is 4.98. The van der Waals surface area contributed by atoms with Crippen LogP contribution in [0.2, 0.25) is 0 Å². The number of hydrogen-bond acceptors (Lipinski definition) is 2. The van der Waals surface area contributed by atoms with E-state index in [1.807, 2.05) is 0 Å². The zero-order chi connectivity index (χ0) is 20.9. The molecule has 2 aromatic heterocycles. The number of pyridine rings is 1. The lowest BCUT2D eigenvalue weighted by molar-refractivity contribution is 0.518. The summed E-state index contributed by atoms with van der Waals surface area (Å²) in [6, 6.07) is 13.5. The lowest BCUT2D eigenvalue weighted by atomic mass is 9.95. The van der Waals surface area contributed by atoms with Crippen molar-refractivity contribution in [1.29, 1.82) is 0 Å². The molecule has 0 fully saturated rings. The second-order valence-corrected chi connectivity index (χ2v) is 9.20. The van der Waals surface area contributed by atoms with Crippen LogP contribution in [0.3, 0.4) is 0 Å². The number of hydrogen-bond donors (Lipinski definition) is 0. The van der Waals surface area contributed by atoms with E-state index in [1.54, 1.807) is 0 Å². The summed E-state index contributed by atoms with van der Waals surface area (Å²) < 4.78 is 6.43. The molecule has 2 nitrogen and oxygen atoms in total. The summed E-state index contributed by atoms with van der Waals surface area (Å²) in [5, 5.41) is 3.65. The number of fused-ring (bicyclic) bond motifs is 2. The van der Waals surface area contributed by atoms with Crippen LogP contribution in [0.4, 0.5) is 0 Å². The van der Waals surface area contributed by atoms with Gasteiger partial charge >= 0.3 is 0 Å². The first-order valence-corrected chi connectivity index (χ1v) is 10.7. The topological polar surface area (TPSA) is 26.0 Å². The van der Waals surface area contributed by atoms with Crippen LogP contribution in [-0.4, -0.2) is 4.98 Å². The molecule has 0 atom stereocenters. The summed E-state index contributed by atoms with van der Waals surface area (Å²) in [7, 11) is 0. The normalized spacial score (nSPS) is 12.0. The van der Waals surface area contributed by atoms with Crippen LogP contribution in [0, 0.1) is 26.7 Å². The maximum absolute atomic E-state index is 6.43. The molecule has 0 amide bonds. The predicted molar refractivity (Wildman–Crippen MR) is 124 cm³/mol. The minimum atomic E-state index is 0.358. The van der Waals surface area contributed by atoms with Crippen molar-refractivity contribution in [3.8, 4) is 11.3 Å². The molecule has 150 valence electrons. The van der Waals surface area contributed by atoms with Crippen LogP contribution in [0.5, 0.6) is 0 Å². The third kappa shape index (κ3) is 3.57. The zero-order valence-corrected chi connectivity index (χ0v) is 18.7. The van der Waals surface area contributed by atoms with Gasteiger partial charge in [0.25, 0.3) is 0 Å². The molecule has 0 spiro atoms. The summed E-state index contributed by atoms with van der Waals surface area (Å²) in [5.41, 5.74) is 7.98. The van der Waals surface area contributed by atoms with Gasteiger partial charge in [-0.05, 0) is 73.4 Å². The number of rotatable bonds is 4. The Hall–Kier alpha value is -2.61. The van der Waals surface area contributed by atoms with Gasteiger partial charge in [-0.25, -0.2) is 0 Å². The van der Waals surface area contributed by atoms with Crippen LogP contribution in [0.15, 0.2) is 40.8 Å². The van der Waals surface area contributed by atoms with Crippen LogP contribution in [0.1, 0.15) is 61.8 Å². The molecule has 0 saturated heterocycles. The van der Waals surface area contributed by atoms with E-state index in [0.717, 1.165) is 34.7 Å². The highest BCUT2D eigenvalue weighted by molar-refractivity contribution is 6.03. The molecule has 0 bridgehead atoms. The van der Waals surface area contributed by atoms with Gasteiger partial charge < -0.3 is 4.42 Å². The summed E-state index contributed by atoms with van der Waals surface area (Å²) >= 11 is 0. The average Bonchev–Trinajstić information content (AvgIpc) is 2.96. The highest BCUT2D eigenvalue weighted by atomic mass is 16.3. The molecule has 2 heterocycles. The second kappa shape index (κ2) is 7.33. The Labute approximate surface area is 174 Å². The van der Waals surface area contributed by atoms with E-state index in [-0.39, 0.29) is 0 Å². The van der Waals surface area contributed by atoms with Crippen LogP contribution in [-0.2, 0) is 6.42 Å². The molecule has 0 aliphatic rings. The Morgan fingerprint density at radius 1 is 0.897 bits per heavy atom. The second-order valence-electron chi connectivity index (χ2n) is 9.20. The fourth-order valence-electron chi connectivity index (χ4n) is 4.45. The highest BCUT2D eigenvalue weighted by Crippen LogP contribution is 2.39. The van der Waals surface area contributed by atoms with Gasteiger partial charge in [-0.1, -0.05) is 45.9 Å². The quantitative estimate of drug-likeness (QED) is 0.357. The van der Waals surface area contributed by atoms with Crippen molar-refractivity contribution in [2.45, 2.75) is 60.8 Å². The largest absolute Gasteiger partial charge is 0.460 e. The van der Waals surface area contributed by atoms with E-state index in [4.69, 9.17) is 9.40 Å². The van der Waals surface area contributed by atoms with Crippen molar-refractivity contribution < 1.29 is 4.42 Å². The molecule has 0 aliphatic heterocycles. The third-order valence-corrected chi connectivity index (χ3v) is 5.67. The van der Waals surface area contributed by atoms with Gasteiger partial charge in [0, 0.05) is 27.9 Å². The molecule has 0 radical (unpaired) electrons. The van der Waals surface area contributed by atoms with Crippen molar-refractivity contribution in [3.05, 3.63) is 64.5 Å². The van der Waals surface area contributed by atoms with Gasteiger partial charge in [0.15, 0.2) is 0 Å². The van der Waals surface area contributed by atoms with Crippen molar-refractivity contribution >= 4 is 21.7 Å². The van der Waals surface area contributed by atoms with Gasteiger partial charge in [0.05, 0.1) is 5.69 Å². The van der Waals surface area contributed by atoms with Gasteiger partial charge in [-0.2, -0.15) is 0 Å². The molecule has 4 aromatic rings. The molecule has 4 rings (SSSR count). The van der Waals surface area contributed by atoms with Gasteiger partial charge in [-0.3, -0.25) is 4.98 Å². The van der Waals surface area contributed by atoms with Gasteiger partial charge in [-0.15, -0.1) is 0 Å². The number of benzene rings is 2. The lowest BCUT2D eigenvalue weighted by Gasteiger charge is -2.12. The summed E-state index contributed by atoms with van der Waals surface area (Å²) in [6.45, 7) is 15.3. The van der Waals surface area contributed by atoms with E-state index in [2.05, 4.69) is 84.9 Å². The van der Waals surface area contributed by atoms with E-state index in [9.17, 15) is 0 Å². The Morgan fingerprint density at radius 3 is 2.34 bits per heavy atom. The van der Waals surface area contributed by atoms with Crippen LogP contribution in [0.25, 0.3) is 33.0 Å². The Kier molecular flexibility index (Phi) is 4.98. The number of aromatic nitrogens is 1. The molecule has 2 aromatic carbocycles. The van der Waals surface area contributed by atoms with E-state index < -0.39 is 0 Å². The predicted octanol–water partition coefficient (Wildman–Crippen LogP) is 7.90. The van der Waals surface area contributed by atoms with E-state index >= 15 is 0 Å². The molecular formula is C27H31NO. The maximum Gasteiger partial charge on any atom is 0.143 e. The molecule has 0 N–H and O–H groups in total. The van der Waals surface area contributed by atoms with Gasteiger partial charge in [0.1, 0.15) is 11.3 Å². The molecule has 0 saturated carbocycles. The maximum atomic E-state index is 6.43. The molecule has 0 unspecified atom stereocenters. The monoisotopic (exact) mass is 385 g/mol. The summed E-state index contributed by atoms with van der Waals surface area (Å²) in [5.74, 6) is 2.08. The summed E-state index contributed by atoms with van der Waals surface area (Å²) in [6.07, 6.45) is 1.09. The van der Waals surface area contributed by atoms with Crippen LogP contribution >= 0.6 is 0 Å². The molecular weight excluding hydrogens is 354 g/mol. The molecule has 2 heteroatoms. The molecule has 29 heavy (non-hydrogen) atoms. The fourth-order valence-corrected chi connectivity index (χ4v) is 4.45. The number of nitrogens with zero attached hydrogens (tertiary/aromatic N) is 1. The van der Waals surface area contributed by atoms with E-state index in [0.29, 0.717) is 11.8 Å². The minimum Gasteiger partial charge on any atom is -0.460 e. The lowest BCUT2D eigenvalue weighted by Crippen LogP contribution is -1.96. The number of furan rings is 1. The number of aryl methyl sites for hydroxylation is 3. The van der Waals surface area contributed by atoms with E-state index in [1.165, 1.54) is 32.8 Å². The Morgan fingerprint density at radius 2 is 1.66 bits per heavy atom. The van der Waals surface area contributed by atoms with Crippen molar-refractivity contribution in [2.24, 2.45) is 5.92 Å². The van der Waals surface area contributed by atoms with Crippen molar-refractivity contribution in [3.63, 3.8) is 0 Å². The first-order chi connectivity index (χ1) is 13.7. The fraction of sp³-hybridized carbons (Fsp3) is 0.370. The average molecular weight is 386 g/mol. The minimum absolute atomic E-state index is 0.358. The smallest absolute Gasteiger partial charge is 0.143 e. The highest BCUT2D eigenvalue weighted by Gasteiger charge is 2.19. The standard InChI is InChI=1S/C27H31NO/c1-15(2)10-20-8-9-22-21(14-20)13-18(6)28-25(22)24-12-17(5)11-23-19(7)26(16(3)4)29-27(23)24/h8-9,11-16H,10H2,1-7H3. The van der Waals surface area contributed by atoms with Crippen molar-refractivity contribution in [2.75, 3.05) is 0 Å². The Bertz CT molecular complexity index is 1210. The van der Waals surface area contributed by atoms with Gasteiger partial charge in [0.2, 0.25) is 0 Å². The Balaban J connectivity index is 2.01. The molecule has 0 aliphatic carbocycles. The first kappa shape index (κ1) is 19.7. The zero-order valence-electron chi connectivity index (χ0n) is 18.7. The SMILES string of the molecule is Cc1cc(-c2nc(C)cc3cc(CC(C)C)ccc23)c2oc(C(C)C)c(C)c2c1. The van der Waals surface area contributed by atoms with Crippen LogP contribution < -0.4 is 0 Å². The first-order valence-electron chi connectivity index (χ1n) is 10.7. The third-order valence-electron chi connectivity index (χ3n) is 5.67. The van der Waals surface area contributed by atoms with Crippen molar-refractivity contribution in [1.82, 2.24) is 4.98 Å².